The van der Waals surface area contributed by atoms with Crippen molar-refractivity contribution < 1.29 is 24.9 Å². The Kier molecular flexibility index (Phi) is 16.9. The van der Waals surface area contributed by atoms with Crippen molar-refractivity contribution >= 4 is 11.9 Å². The summed E-state index contributed by atoms with van der Waals surface area (Å²) < 4.78 is 0. The molecule has 0 radical (unpaired) electrons. The van der Waals surface area contributed by atoms with Gasteiger partial charge in [-0.3, -0.25) is 9.59 Å². The molecule has 6 heteroatoms. The fourth-order valence-electron chi connectivity index (χ4n) is 12.1. The van der Waals surface area contributed by atoms with Gasteiger partial charge in [-0.25, -0.2) is 0 Å². The van der Waals surface area contributed by atoms with E-state index in [2.05, 4.69) is 33.0 Å². The third-order valence-corrected chi connectivity index (χ3v) is 15.2. The number of fused-ring (bicyclic) bond motifs is 5. The quantitative estimate of drug-likeness (QED) is 0.0794. The first kappa shape index (κ1) is 41.6. The smallest absolute Gasteiger partial charge is 0.303 e. The molecule has 0 aromatic rings. The topological polar surface area (TPSA) is 107 Å². The molecule has 6 nitrogen and oxygen atoms in total. The van der Waals surface area contributed by atoms with Crippen LogP contribution in [-0.4, -0.2) is 45.4 Å². The number of carbonyl (C=O) groups excluding carboxylic acids is 1. The van der Waals surface area contributed by atoms with Crippen molar-refractivity contribution in [2.75, 3.05) is 0 Å². The number of aliphatic carboxylic acids is 1. The van der Waals surface area contributed by atoms with E-state index >= 15 is 0 Å². The van der Waals surface area contributed by atoms with Crippen LogP contribution < -0.4 is 5.32 Å². The Hall–Kier alpha value is -1.14. The first-order chi connectivity index (χ1) is 24.0. The molecule has 0 aliphatic heterocycles. The minimum absolute atomic E-state index is 0.0774. The zero-order valence-electron chi connectivity index (χ0n) is 32.9. The lowest BCUT2D eigenvalue weighted by Crippen LogP contribution is -2.63. The van der Waals surface area contributed by atoms with Gasteiger partial charge in [0.2, 0.25) is 5.91 Å². The number of rotatable bonds is 23. The lowest BCUT2D eigenvalue weighted by atomic mass is 9.43. The third-order valence-electron chi connectivity index (χ3n) is 15.2. The lowest BCUT2D eigenvalue weighted by molar-refractivity contribution is -0.202. The van der Waals surface area contributed by atoms with Gasteiger partial charge in [0.1, 0.15) is 0 Å². The minimum atomic E-state index is -0.746. The highest BCUT2D eigenvalue weighted by molar-refractivity contribution is 5.76. The van der Waals surface area contributed by atoms with E-state index < -0.39 is 12.1 Å². The lowest BCUT2D eigenvalue weighted by Gasteiger charge is -2.63. The molecule has 0 saturated heterocycles. The molecular formula is C44H79NO5. The second-order valence-electron chi connectivity index (χ2n) is 18.5. The molecule has 7 unspecified atom stereocenters. The van der Waals surface area contributed by atoms with E-state index in [0.717, 1.165) is 57.8 Å². The summed E-state index contributed by atoms with van der Waals surface area (Å²) in [5.41, 5.74) is -0.186. The van der Waals surface area contributed by atoms with Crippen LogP contribution >= 0.6 is 0 Å². The molecule has 0 aromatic carbocycles. The van der Waals surface area contributed by atoms with Crippen molar-refractivity contribution in [3.8, 4) is 0 Å². The maximum atomic E-state index is 13.0. The standard InChI is InChI=1S/C44H79NO5/c1-5-6-7-8-9-10-11-12-13-14-15-16-17-18-19-20-21-22-40(48)45-34-27-28-43(3)33(29-34)30-38(46)42-36-25-24-35(32(2)23-26-41(49)50)44(36,4)39(47)31-37(42)43/h32-39,42,46-47H,5-31H2,1-4H3,(H,45,48)(H,49,50)/t32-,33?,34-,35?,36?,37?,38-,39-,42?,43?,44?/m0/s1. The van der Waals surface area contributed by atoms with Crippen LogP contribution in [0, 0.1) is 46.3 Å². The Morgan fingerprint density at radius 3 is 1.84 bits per heavy atom. The maximum absolute atomic E-state index is 13.0. The molecule has 0 bridgehead atoms. The average Bonchev–Trinajstić information content (AvgIpc) is 3.44. The first-order valence-corrected chi connectivity index (χ1v) is 21.9. The fourth-order valence-corrected chi connectivity index (χ4v) is 12.1. The van der Waals surface area contributed by atoms with Crippen molar-refractivity contribution in [1.29, 1.82) is 0 Å². The highest BCUT2D eigenvalue weighted by Gasteiger charge is 2.65. The van der Waals surface area contributed by atoms with Crippen LogP contribution in [0.3, 0.4) is 0 Å². The van der Waals surface area contributed by atoms with E-state index in [1.165, 1.54) is 96.3 Å². The molecule has 11 atom stereocenters. The highest BCUT2D eigenvalue weighted by Crippen LogP contribution is 2.68. The summed E-state index contributed by atoms with van der Waals surface area (Å²) in [6.07, 6.45) is 30.1. The number of aliphatic hydroxyl groups excluding tert-OH is 2. The van der Waals surface area contributed by atoms with E-state index in [1.807, 2.05) is 0 Å². The zero-order chi connectivity index (χ0) is 36.1. The van der Waals surface area contributed by atoms with Gasteiger partial charge in [0.15, 0.2) is 0 Å². The molecule has 0 heterocycles. The van der Waals surface area contributed by atoms with E-state index in [1.54, 1.807) is 0 Å². The van der Waals surface area contributed by atoms with Crippen molar-refractivity contribution in [2.45, 2.75) is 219 Å². The van der Waals surface area contributed by atoms with Gasteiger partial charge >= 0.3 is 5.97 Å². The molecule has 4 aliphatic carbocycles. The summed E-state index contributed by atoms with van der Waals surface area (Å²) in [7, 11) is 0. The van der Waals surface area contributed by atoms with Crippen LogP contribution in [0.5, 0.6) is 0 Å². The van der Waals surface area contributed by atoms with Crippen LogP contribution in [0.4, 0.5) is 0 Å². The maximum Gasteiger partial charge on any atom is 0.303 e. The van der Waals surface area contributed by atoms with E-state index in [9.17, 15) is 24.9 Å². The second-order valence-corrected chi connectivity index (χ2v) is 18.5. The highest BCUT2D eigenvalue weighted by atomic mass is 16.4. The summed E-state index contributed by atoms with van der Waals surface area (Å²) in [4.78, 5) is 24.2. The van der Waals surface area contributed by atoms with Gasteiger partial charge in [0.25, 0.3) is 0 Å². The van der Waals surface area contributed by atoms with Crippen LogP contribution in [0.25, 0.3) is 0 Å². The molecular weight excluding hydrogens is 622 g/mol. The SMILES string of the molecule is CCCCCCCCCCCCCCCCCCCC(=O)N[C@H]1CCC2(C)C(C1)C[C@H](O)C1C2C[C@H](O)C2(C)C1CCC2[C@@H](C)CCC(=O)O. The van der Waals surface area contributed by atoms with Gasteiger partial charge in [-0.1, -0.05) is 130 Å². The number of amides is 1. The van der Waals surface area contributed by atoms with Gasteiger partial charge in [0.05, 0.1) is 12.2 Å². The Labute approximate surface area is 307 Å². The van der Waals surface area contributed by atoms with Gasteiger partial charge in [-0.05, 0) is 104 Å². The Balaban J connectivity index is 1.10. The normalized spacial score (nSPS) is 35.6. The first-order valence-electron chi connectivity index (χ1n) is 21.9. The van der Waals surface area contributed by atoms with Gasteiger partial charge < -0.3 is 20.6 Å². The van der Waals surface area contributed by atoms with Crippen LogP contribution in [-0.2, 0) is 9.59 Å². The number of hydrogen-bond donors (Lipinski definition) is 4. The zero-order valence-corrected chi connectivity index (χ0v) is 32.9. The molecule has 0 aromatic heterocycles. The van der Waals surface area contributed by atoms with E-state index in [-0.39, 0.29) is 53.1 Å². The molecule has 4 rings (SSSR count). The number of unbranched alkanes of at least 4 members (excludes halogenated alkanes) is 16. The Bertz CT molecular complexity index is 1020. The molecule has 4 fully saturated rings. The van der Waals surface area contributed by atoms with Crippen molar-refractivity contribution in [1.82, 2.24) is 5.32 Å². The summed E-state index contributed by atoms with van der Waals surface area (Å²) >= 11 is 0. The molecule has 1 amide bonds. The van der Waals surface area contributed by atoms with Crippen LogP contribution in [0.1, 0.15) is 201 Å². The molecule has 0 spiro atoms. The van der Waals surface area contributed by atoms with Gasteiger partial charge in [-0.2, -0.15) is 0 Å². The summed E-state index contributed by atoms with van der Waals surface area (Å²) in [6, 6.07) is 0.194. The minimum Gasteiger partial charge on any atom is -0.481 e. The summed E-state index contributed by atoms with van der Waals surface area (Å²) in [6.45, 7) is 9.13. The Morgan fingerprint density at radius 1 is 0.720 bits per heavy atom. The van der Waals surface area contributed by atoms with Crippen molar-refractivity contribution in [3.05, 3.63) is 0 Å². The van der Waals surface area contributed by atoms with Crippen molar-refractivity contribution in [2.24, 2.45) is 46.3 Å². The van der Waals surface area contributed by atoms with Crippen LogP contribution in [0.15, 0.2) is 0 Å². The molecule has 290 valence electrons. The number of aliphatic hydroxyl groups is 2. The predicted octanol–water partition coefficient (Wildman–Crippen LogP) is 10.6. The number of carboxylic acid groups (broad SMARTS) is 1. The number of hydrogen-bond acceptors (Lipinski definition) is 4. The van der Waals surface area contributed by atoms with E-state index in [4.69, 9.17) is 0 Å². The fraction of sp³-hybridized carbons (Fsp3) is 0.955. The predicted molar refractivity (Wildman–Crippen MR) is 205 cm³/mol. The molecule has 4 aliphatic rings. The van der Waals surface area contributed by atoms with Crippen LogP contribution in [0.2, 0.25) is 0 Å². The van der Waals surface area contributed by atoms with Gasteiger partial charge in [-0.15, -0.1) is 0 Å². The number of nitrogens with one attached hydrogen (secondary N) is 1. The second kappa shape index (κ2) is 20.4. The largest absolute Gasteiger partial charge is 0.481 e. The molecule has 50 heavy (non-hydrogen) atoms. The van der Waals surface area contributed by atoms with Crippen molar-refractivity contribution in [3.63, 3.8) is 0 Å². The number of carboxylic acids is 1. The number of carbonyl (C=O) groups is 2. The third kappa shape index (κ3) is 10.7. The molecule has 4 saturated carbocycles. The monoisotopic (exact) mass is 702 g/mol. The van der Waals surface area contributed by atoms with E-state index in [0.29, 0.717) is 30.6 Å². The van der Waals surface area contributed by atoms with Gasteiger partial charge in [0, 0.05) is 18.9 Å². The average molecular weight is 702 g/mol. The summed E-state index contributed by atoms with van der Waals surface area (Å²) in [5.74, 6) is 1.14. The Morgan fingerprint density at radius 2 is 1.28 bits per heavy atom. The molecule has 4 N–H and O–H groups in total. The summed E-state index contributed by atoms with van der Waals surface area (Å²) in [5, 5.41) is 36.2.